The molecule has 0 unspecified atom stereocenters. The van der Waals surface area contributed by atoms with Crippen molar-refractivity contribution in [2.24, 2.45) is 0 Å². The highest BCUT2D eigenvalue weighted by atomic mass is 32.2. The molecular weight excluding hydrogens is 356 g/mol. The molecule has 8 heteroatoms. The van der Waals surface area contributed by atoms with Crippen LogP contribution in [-0.4, -0.2) is 19.1 Å². The Morgan fingerprint density at radius 3 is 2.46 bits per heavy atom. The van der Waals surface area contributed by atoms with E-state index in [4.69, 9.17) is 9.15 Å². The van der Waals surface area contributed by atoms with E-state index < -0.39 is 15.8 Å². The molecule has 0 bridgehead atoms. The average Bonchev–Trinajstić information content (AvgIpc) is 2.90. The van der Waals surface area contributed by atoms with Crippen LogP contribution in [0, 0.1) is 0 Å². The summed E-state index contributed by atoms with van der Waals surface area (Å²) in [6.07, 6.45) is 0.0364. The predicted octanol–water partition coefficient (Wildman–Crippen LogP) is 3.20. The van der Waals surface area contributed by atoms with Crippen molar-refractivity contribution in [3.63, 3.8) is 0 Å². The fourth-order valence-corrected chi connectivity index (χ4v) is 3.67. The van der Waals surface area contributed by atoms with Gasteiger partial charge in [-0.1, -0.05) is 0 Å². The highest BCUT2D eigenvalue weighted by Crippen LogP contribution is 2.23. The Balaban J connectivity index is 1.88. The van der Waals surface area contributed by atoms with Crippen LogP contribution in [0.5, 0.6) is 5.75 Å². The molecule has 0 aliphatic heterocycles. The standard InChI is InChI=1S/C18H20N2O5S/c1-4-20-16-10-9-15(11-17(16)25-18(20)21)26(22,23)19-13-5-7-14(8-6-13)24-12(2)3/h5-12,19H,4H2,1-3H3. The number of aromatic nitrogens is 1. The number of hydrogen-bond donors (Lipinski definition) is 1. The molecule has 2 aromatic carbocycles. The van der Waals surface area contributed by atoms with Gasteiger partial charge in [0, 0.05) is 18.3 Å². The molecule has 0 fully saturated rings. The van der Waals surface area contributed by atoms with Gasteiger partial charge in [-0.15, -0.1) is 0 Å². The molecular formula is C18H20N2O5S. The number of oxazole rings is 1. The van der Waals surface area contributed by atoms with E-state index in [0.717, 1.165) is 0 Å². The Morgan fingerprint density at radius 1 is 1.15 bits per heavy atom. The van der Waals surface area contributed by atoms with E-state index in [0.29, 0.717) is 23.5 Å². The van der Waals surface area contributed by atoms with Crippen molar-refractivity contribution < 1.29 is 17.6 Å². The topological polar surface area (TPSA) is 90.5 Å². The third-order valence-corrected chi connectivity index (χ3v) is 5.12. The second kappa shape index (κ2) is 6.87. The second-order valence-corrected chi connectivity index (χ2v) is 7.72. The lowest BCUT2D eigenvalue weighted by Gasteiger charge is -2.11. The lowest BCUT2D eigenvalue weighted by molar-refractivity contribution is 0.242. The highest BCUT2D eigenvalue weighted by Gasteiger charge is 2.17. The van der Waals surface area contributed by atoms with Crippen molar-refractivity contribution in [3.8, 4) is 5.75 Å². The van der Waals surface area contributed by atoms with Crippen molar-refractivity contribution in [1.82, 2.24) is 4.57 Å². The zero-order valence-electron chi connectivity index (χ0n) is 14.7. The minimum Gasteiger partial charge on any atom is -0.491 e. The average molecular weight is 376 g/mol. The van der Waals surface area contributed by atoms with E-state index in [1.807, 2.05) is 20.8 Å². The van der Waals surface area contributed by atoms with E-state index >= 15 is 0 Å². The first-order valence-corrected chi connectivity index (χ1v) is 9.71. The number of anilines is 1. The fourth-order valence-electron chi connectivity index (χ4n) is 2.60. The summed E-state index contributed by atoms with van der Waals surface area (Å²) in [5.41, 5.74) is 1.21. The van der Waals surface area contributed by atoms with Gasteiger partial charge in [0.2, 0.25) is 0 Å². The number of sulfonamides is 1. The minimum absolute atomic E-state index is 0.0181. The van der Waals surface area contributed by atoms with Gasteiger partial charge in [-0.3, -0.25) is 9.29 Å². The maximum absolute atomic E-state index is 12.6. The lowest BCUT2D eigenvalue weighted by atomic mass is 10.3. The number of ether oxygens (including phenoxy) is 1. The number of fused-ring (bicyclic) bond motifs is 1. The van der Waals surface area contributed by atoms with Crippen molar-refractivity contribution in [2.75, 3.05) is 4.72 Å². The van der Waals surface area contributed by atoms with Crippen LogP contribution in [0.15, 0.2) is 56.6 Å². The van der Waals surface area contributed by atoms with E-state index in [1.165, 1.54) is 16.7 Å². The third-order valence-electron chi connectivity index (χ3n) is 3.74. The molecule has 3 aromatic rings. The van der Waals surface area contributed by atoms with Gasteiger partial charge < -0.3 is 9.15 Å². The monoisotopic (exact) mass is 376 g/mol. The molecule has 0 radical (unpaired) electrons. The van der Waals surface area contributed by atoms with Gasteiger partial charge in [-0.05, 0) is 57.2 Å². The van der Waals surface area contributed by atoms with Gasteiger partial charge in [0.15, 0.2) is 5.58 Å². The van der Waals surface area contributed by atoms with Crippen LogP contribution in [0.1, 0.15) is 20.8 Å². The van der Waals surface area contributed by atoms with E-state index in [9.17, 15) is 13.2 Å². The Morgan fingerprint density at radius 2 is 1.85 bits per heavy atom. The molecule has 1 heterocycles. The molecule has 3 rings (SSSR count). The minimum atomic E-state index is -3.81. The largest absolute Gasteiger partial charge is 0.491 e. The van der Waals surface area contributed by atoms with Gasteiger partial charge in [-0.2, -0.15) is 0 Å². The number of nitrogens with one attached hydrogen (secondary N) is 1. The van der Waals surface area contributed by atoms with Crippen LogP contribution in [0.25, 0.3) is 11.1 Å². The molecule has 0 saturated heterocycles. The van der Waals surface area contributed by atoms with Crippen molar-refractivity contribution in [1.29, 1.82) is 0 Å². The number of aryl methyl sites for hydroxylation is 1. The summed E-state index contributed by atoms with van der Waals surface area (Å²) in [5, 5.41) is 0. The zero-order chi connectivity index (χ0) is 18.9. The Bertz CT molecular complexity index is 1080. The SMILES string of the molecule is CCn1c(=O)oc2cc(S(=O)(=O)Nc3ccc(OC(C)C)cc3)ccc21. The lowest BCUT2D eigenvalue weighted by Crippen LogP contribution is -2.13. The van der Waals surface area contributed by atoms with Crippen molar-refractivity contribution in [3.05, 3.63) is 53.0 Å². The second-order valence-electron chi connectivity index (χ2n) is 6.04. The smallest absolute Gasteiger partial charge is 0.419 e. The summed E-state index contributed by atoms with van der Waals surface area (Å²) in [6, 6.07) is 11.0. The van der Waals surface area contributed by atoms with Gasteiger partial charge in [-0.25, -0.2) is 13.2 Å². The molecule has 0 aliphatic rings. The number of rotatable bonds is 6. The van der Waals surface area contributed by atoms with Crippen molar-refractivity contribution in [2.45, 2.75) is 38.3 Å². The molecule has 138 valence electrons. The first-order chi connectivity index (χ1) is 12.3. The van der Waals surface area contributed by atoms with Crippen molar-refractivity contribution >= 4 is 26.8 Å². The molecule has 1 N–H and O–H groups in total. The molecule has 7 nitrogen and oxygen atoms in total. The summed E-state index contributed by atoms with van der Waals surface area (Å²) in [5.74, 6) is 0.151. The molecule has 26 heavy (non-hydrogen) atoms. The van der Waals surface area contributed by atoms with Gasteiger partial charge in [0.1, 0.15) is 5.75 Å². The van der Waals surface area contributed by atoms with E-state index in [-0.39, 0.29) is 16.6 Å². The quantitative estimate of drug-likeness (QED) is 0.713. The first-order valence-electron chi connectivity index (χ1n) is 8.23. The fraction of sp³-hybridized carbons (Fsp3) is 0.278. The molecule has 0 amide bonds. The summed E-state index contributed by atoms with van der Waals surface area (Å²) < 4.78 is 39.8. The zero-order valence-corrected chi connectivity index (χ0v) is 15.5. The van der Waals surface area contributed by atoms with Gasteiger partial charge >= 0.3 is 5.76 Å². The Hall–Kier alpha value is -2.74. The summed E-state index contributed by atoms with van der Waals surface area (Å²) in [4.78, 5) is 11.8. The van der Waals surface area contributed by atoms with Gasteiger partial charge in [0.25, 0.3) is 10.0 Å². The molecule has 0 aliphatic carbocycles. The molecule has 0 atom stereocenters. The number of benzene rings is 2. The first kappa shape index (κ1) is 18.1. The number of nitrogens with zero attached hydrogens (tertiary/aromatic N) is 1. The molecule has 0 saturated carbocycles. The highest BCUT2D eigenvalue weighted by molar-refractivity contribution is 7.92. The summed E-state index contributed by atoms with van der Waals surface area (Å²) in [7, 11) is -3.81. The van der Waals surface area contributed by atoms with Crippen LogP contribution >= 0.6 is 0 Å². The summed E-state index contributed by atoms with van der Waals surface area (Å²) >= 11 is 0. The van der Waals surface area contributed by atoms with Gasteiger partial charge in [0.05, 0.1) is 16.5 Å². The Labute approximate surface area is 151 Å². The summed E-state index contributed by atoms with van der Waals surface area (Å²) in [6.45, 7) is 6.09. The molecule has 0 spiro atoms. The van der Waals surface area contributed by atoms with Crippen LogP contribution in [0.3, 0.4) is 0 Å². The third kappa shape index (κ3) is 3.60. The Kier molecular flexibility index (Phi) is 4.78. The van der Waals surface area contributed by atoms with Crippen LogP contribution in [-0.2, 0) is 16.6 Å². The van der Waals surface area contributed by atoms with E-state index in [1.54, 1.807) is 30.3 Å². The van der Waals surface area contributed by atoms with E-state index in [2.05, 4.69) is 4.72 Å². The normalized spacial score (nSPS) is 11.8. The maximum atomic E-state index is 12.6. The predicted molar refractivity (Wildman–Crippen MR) is 99.2 cm³/mol. The molecule has 1 aromatic heterocycles. The van der Waals surface area contributed by atoms with Crippen LogP contribution in [0.2, 0.25) is 0 Å². The van der Waals surface area contributed by atoms with Crippen LogP contribution < -0.4 is 15.2 Å². The van der Waals surface area contributed by atoms with Crippen LogP contribution in [0.4, 0.5) is 5.69 Å². The maximum Gasteiger partial charge on any atom is 0.419 e. The number of hydrogen-bond acceptors (Lipinski definition) is 5.